The van der Waals surface area contributed by atoms with Crippen LogP contribution in [0.15, 0.2) is 41.0 Å². The van der Waals surface area contributed by atoms with Gasteiger partial charge in [-0.15, -0.1) is 0 Å². The summed E-state index contributed by atoms with van der Waals surface area (Å²) in [7, 11) is 0. The molecule has 1 aromatic carbocycles. The van der Waals surface area contributed by atoms with Crippen molar-refractivity contribution in [2.75, 3.05) is 0 Å². The second-order valence-electron chi connectivity index (χ2n) is 3.30. The Morgan fingerprint density at radius 2 is 1.92 bits per heavy atom. The molecule has 2 rings (SSSR count). The van der Waals surface area contributed by atoms with E-state index in [9.17, 15) is 0 Å². The van der Waals surface area contributed by atoms with E-state index < -0.39 is 0 Å². The number of furan rings is 1. The number of benzene rings is 1. The normalized spacial score (nSPS) is 10.3. The number of hydrogen-bond donors (Lipinski definition) is 0. The Bertz CT molecular complexity index is 399. The van der Waals surface area contributed by atoms with Crippen LogP contribution in [0.1, 0.15) is 11.1 Å². The van der Waals surface area contributed by atoms with Gasteiger partial charge in [-0.2, -0.15) is 0 Å². The van der Waals surface area contributed by atoms with Crippen molar-refractivity contribution in [3.63, 3.8) is 0 Å². The minimum atomic E-state index is 0.942. The van der Waals surface area contributed by atoms with E-state index in [0.717, 1.165) is 5.76 Å². The molecule has 0 unspecified atom stereocenters. The zero-order valence-electron chi connectivity index (χ0n) is 7.87. The molecular weight excluding hydrogens is 160 g/mol. The summed E-state index contributed by atoms with van der Waals surface area (Å²) in [6.07, 6.45) is 1.70. The summed E-state index contributed by atoms with van der Waals surface area (Å²) < 4.78 is 5.34. The molecule has 0 saturated carbocycles. The maximum absolute atomic E-state index is 5.34. The summed E-state index contributed by atoms with van der Waals surface area (Å²) in [6.45, 7) is 4.20. The topological polar surface area (TPSA) is 13.1 Å². The first-order valence-corrected chi connectivity index (χ1v) is 4.38. The van der Waals surface area contributed by atoms with Crippen molar-refractivity contribution in [2.45, 2.75) is 13.8 Å². The summed E-state index contributed by atoms with van der Waals surface area (Å²) in [5.41, 5.74) is 3.72. The minimum absolute atomic E-state index is 0.942. The molecule has 2 aromatic rings. The third kappa shape index (κ3) is 1.50. The van der Waals surface area contributed by atoms with Gasteiger partial charge in [0.2, 0.25) is 0 Å². The van der Waals surface area contributed by atoms with Gasteiger partial charge in [-0.3, -0.25) is 0 Å². The fourth-order valence-corrected chi connectivity index (χ4v) is 1.52. The summed E-state index contributed by atoms with van der Waals surface area (Å²) in [4.78, 5) is 0. The molecule has 0 aliphatic carbocycles. The van der Waals surface area contributed by atoms with Crippen LogP contribution in [0.4, 0.5) is 0 Å². The molecular formula is C12H12O. The molecule has 66 valence electrons. The van der Waals surface area contributed by atoms with Crippen molar-refractivity contribution >= 4 is 0 Å². The Morgan fingerprint density at radius 1 is 1.08 bits per heavy atom. The Morgan fingerprint density at radius 3 is 2.54 bits per heavy atom. The highest BCUT2D eigenvalue weighted by atomic mass is 16.3. The van der Waals surface area contributed by atoms with Crippen LogP contribution in [-0.2, 0) is 0 Å². The fraction of sp³-hybridized carbons (Fsp3) is 0.167. The van der Waals surface area contributed by atoms with E-state index in [1.165, 1.54) is 16.7 Å². The Hall–Kier alpha value is -1.50. The van der Waals surface area contributed by atoms with Gasteiger partial charge >= 0.3 is 0 Å². The molecule has 0 aliphatic heterocycles. The van der Waals surface area contributed by atoms with Crippen LogP contribution < -0.4 is 0 Å². The molecule has 0 fully saturated rings. The molecule has 0 N–H and O–H groups in total. The van der Waals surface area contributed by atoms with Crippen molar-refractivity contribution in [3.8, 4) is 11.3 Å². The summed E-state index contributed by atoms with van der Waals surface area (Å²) in [5, 5.41) is 0. The number of aryl methyl sites for hydroxylation is 2. The molecule has 1 heteroatoms. The standard InChI is InChI=1S/C12H12O/c1-9-5-6-11(10(2)8-9)12-4-3-7-13-12/h3-8H,1-2H3. The third-order valence-corrected chi connectivity index (χ3v) is 2.17. The van der Waals surface area contributed by atoms with Crippen LogP contribution >= 0.6 is 0 Å². The molecule has 1 nitrogen and oxygen atoms in total. The SMILES string of the molecule is Cc1ccc(-c2ccco2)c(C)c1. The molecule has 0 amide bonds. The second kappa shape index (κ2) is 3.09. The van der Waals surface area contributed by atoms with Crippen LogP contribution in [0.2, 0.25) is 0 Å². The Labute approximate surface area is 78.0 Å². The van der Waals surface area contributed by atoms with E-state index in [-0.39, 0.29) is 0 Å². The van der Waals surface area contributed by atoms with Gasteiger partial charge in [0.15, 0.2) is 0 Å². The van der Waals surface area contributed by atoms with E-state index in [0.29, 0.717) is 0 Å². The minimum Gasteiger partial charge on any atom is -0.464 e. The molecule has 0 atom stereocenters. The van der Waals surface area contributed by atoms with E-state index in [4.69, 9.17) is 4.42 Å². The third-order valence-electron chi connectivity index (χ3n) is 2.17. The van der Waals surface area contributed by atoms with Crippen molar-refractivity contribution in [3.05, 3.63) is 47.7 Å². The molecule has 0 saturated heterocycles. The largest absolute Gasteiger partial charge is 0.464 e. The van der Waals surface area contributed by atoms with Crippen LogP contribution in [0.5, 0.6) is 0 Å². The van der Waals surface area contributed by atoms with E-state index in [1.54, 1.807) is 6.26 Å². The fourth-order valence-electron chi connectivity index (χ4n) is 1.52. The maximum Gasteiger partial charge on any atom is 0.134 e. The smallest absolute Gasteiger partial charge is 0.134 e. The predicted molar refractivity (Wildman–Crippen MR) is 53.6 cm³/mol. The van der Waals surface area contributed by atoms with Crippen molar-refractivity contribution in [2.24, 2.45) is 0 Å². The van der Waals surface area contributed by atoms with Gasteiger partial charge in [-0.1, -0.05) is 23.8 Å². The number of rotatable bonds is 1. The highest BCUT2D eigenvalue weighted by Crippen LogP contribution is 2.24. The van der Waals surface area contributed by atoms with E-state index >= 15 is 0 Å². The van der Waals surface area contributed by atoms with Crippen molar-refractivity contribution in [1.82, 2.24) is 0 Å². The molecule has 0 bridgehead atoms. The zero-order valence-corrected chi connectivity index (χ0v) is 7.87. The van der Waals surface area contributed by atoms with Gasteiger partial charge in [0.1, 0.15) is 5.76 Å². The van der Waals surface area contributed by atoms with Gasteiger partial charge < -0.3 is 4.42 Å². The average molecular weight is 172 g/mol. The lowest BCUT2D eigenvalue weighted by molar-refractivity contribution is 0.582. The maximum atomic E-state index is 5.34. The zero-order chi connectivity index (χ0) is 9.26. The molecule has 1 aromatic heterocycles. The Kier molecular flexibility index (Phi) is 1.93. The molecule has 13 heavy (non-hydrogen) atoms. The van der Waals surface area contributed by atoms with Gasteiger partial charge in [0.05, 0.1) is 6.26 Å². The monoisotopic (exact) mass is 172 g/mol. The van der Waals surface area contributed by atoms with Gasteiger partial charge in [-0.25, -0.2) is 0 Å². The van der Waals surface area contributed by atoms with Gasteiger partial charge in [0.25, 0.3) is 0 Å². The quantitative estimate of drug-likeness (QED) is 0.641. The van der Waals surface area contributed by atoms with Crippen LogP contribution in [0.3, 0.4) is 0 Å². The van der Waals surface area contributed by atoms with Crippen molar-refractivity contribution in [1.29, 1.82) is 0 Å². The lowest BCUT2D eigenvalue weighted by Crippen LogP contribution is -1.81. The molecule has 0 radical (unpaired) electrons. The highest BCUT2D eigenvalue weighted by molar-refractivity contribution is 5.62. The van der Waals surface area contributed by atoms with E-state index in [2.05, 4.69) is 32.0 Å². The average Bonchev–Trinajstić information content (AvgIpc) is 2.56. The summed E-state index contributed by atoms with van der Waals surface area (Å²) >= 11 is 0. The van der Waals surface area contributed by atoms with E-state index in [1.807, 2.05) is 12.1 Å². The Balaban J connectivity index is 2.53. The lowest BCUT2D eigenvalue weighted by Gasteiger charge is -2.02. The first kappa shape index (κ1) is 8.11. The molecule has 0 spiro atoms. The van der Waals surface area contributed by atoms with Gasteiger partial charge in [-0.05, 0) is 31.5 Å². The summed E-state index contributed by atoms with van der Waals surface area (Å²) in [5.74, 6) is 0.942. The van der Waals surface area contributed by atoms with Crippen molar-refractivity contribution < 1.29 is 4.42 Å². The summed E-state index contributed by atoms with van der Waals surface area (Å²) in [6, 6.07) is 10.3. The van der Waals surface area contributed by atoms with Crippen LogP contribution in [0.25, 0.3) is 11.3 Å². The first-order valence-electron chi connectivity index (χ1n) is 4.38. The number of hydrogen-bond acceptors (Lipinski definition) is 1. The lowest BCUT2D eigenvalue weighted by atomic mass is 10.0. The second-order valence-corrected chi connectivity index (χ2v) is 3.30. The predicted octanol–water partition coefficient (Wildman–Crippen LogP) is 3.56. The van der Waals surface area contributed by atoms with Crippen LogP contribution in [-0.4, -0.2) is 0 Å². The first-order chi connectivity index (χ1) is 6.27. The molecule has 1 heterocycles. The van der Waals surface area contributed by atoms with Gasteiger partial charge in [0, 0.05) is 5.56 Å². The molecule has 0 aliphatic rings. The highest BCUT2D eigenvalue weighted by Gasteiger charge is 2.03. The van der Waals surface area contributed by atoms with Crippen LogP contribution in [0, 0.1) is 13.8 Å².